The number of para-hydroxylation sites is 4. The summed E-state index contributed by atoms with van der Waals surface area (Å²) in [6.07, 6.45) is 1.14. The molecule has 2 aromatic heterocycles. The number of fused-ring (bicyclic) bond motifs is 6. The van der Waals surface area contributed by atoms with E-state index in [1.54, 1.807) is 0 Å². The third-order valence-corrected chi connectivity index (χ3v) is 9.86. The summed E-state index contributed by atoms with van der Waals surface area (Å²) in [5.74, 6) is 0. The molecule has 284 valence electrons. The minimum atomic E-state index is 1.14. The van der Waals surface area contributed by atoms with Crippen molar-refractivity contribution < 1.29 is 0 Å². The van der Waals surface area contributed by atoms with Gasteiger partial charge in [-0.05, 0) is 80.8 Å². The Hall–Kier alpha value is -6.64. The molecule has 0 N–H and O–H groups in total. The normalized spacial score (nSPS) is 10.4. The highest BCUT2D eigenvalue weighted by Crippen LogP contribution is 2.35. The molecule has 2 nitrogen and oxygen atoms in total. The number of benzene rings is 8. The minimum absolute atomic E-state index is 1.14. The summed E-state index contributed by atoms with van der Waals surface area (Å²) in [5.41, 5.74) is 12.6. The zero-order valence-electron chi connectivity index (χ0n) is 34.2. The van der Waals surface area contributed by atoms with Crippen molar-refractivity contribution in [2.75, 3.05) is 0 Å². The number of hydrogen-bond acceptors (Lipinski definition) is 0. The topological polar surface area (TPSA) is 9.86 Å². The first kappa shape index (κ1) is 40.0. The fourth-order valence-corrected chi connectivity index (χ4v) is 7.19. The first-order valence-corrected chi connectivity index (χ1v) is 20.2. The Morgan fingerprint density at radius 2 is 0.596 bits per heavy atom. The lowest BCUT2D eigenvalue weighted by Gasteiger charge is -2.14. The zero-order chi connectivity index (χ0) is 40.0. The molecule has 0 saturated heterocycles. The number of hydrogen-bond donors (Lipinski definition) is 0. The van der Waals surface area contributed by atoms with Gasteiger partial charge in [-0.2, -0.15) is 0 Å². The number of rotatable bonds is 3. The third kappa shape index (κ3) is 9.61. The van der Waals surface area contributed by atoms with Gasteiger partial charge in [-0.3, -0.25) is 0 Å². The summed E-state index contributed by atoms with van der Waals surface area (Å²) in [6, 6.07) is 72.6. The van der Waals surface area contributed by atoms with Crippen molar-refractivity contribution in [3.63, 3.8) is 0 Å². The molecule has 0 amide bonds. The van der Waals surface area contributed by atoms with Crippen molar-refractivity contribution in [3.05, 3.63) is 229 Å². The van der Waals surface area contributed by atoms with E-state index in [2.05, 4.69) is 201 Å². The van der Waals surface area contributed by atoms with Gasteiger partial charge in [0.2, 0.25) is 0 Å². The van der Waals surface area contributed by atoms with Gasteiger partial charge in [-0.1, -0.05) is 196 Å². The summed E-state index contributed by atoms with van der Waals surface area (Å²) in [5, 5.41) is 5.14. The predicted octanol–water partition coefficient (Wildman–Crippen LogP) is 15.5. The molecule has 10 rings (SSSR count). The summed E-state index contributed by atoms with van der Waals surface area (Å²) in [4.78, 5) is 0. The van der Waals surface area contributed by atoms with Crippen molar-refractivity contribution in [1.29, 1.82) is 0 Å². The second-order valence-electron chi connectivity index (χ2n) is 13.9. The van der Waals surface area contributed by atoms with Crippen LogP contribution in [0.1, 0.15) is 43.0 Å². The maximum Gasteiger partial charge on any atom is 0.0541 e. The van der Waals surface area contributed by atoms with Gasteiger partial charge >= 0.3 is 0 Å². The second-order valence-corrected chi connectivity index (χ2v) is 13.9. The van der Waals surface area contributed by atoms with Gasteiger partial charge in [0.1, 0.15) is 0 Å². The molecule has 0 aliphatic carbocycles. The van der Waals surface area contributed by atoms with Gasteiger partial charge in [-0.25, -0.2) is 0 Å². The van der Waals surface area contributed by atoms with Crippen LogP contribution in [0.3, 0.4) is 0 Å². The Bertz CT molecular complexity index is 2480. The van der Waals surface area contributed by atoms with E-state index in [-0.39, 0.29) is 0 Å². The van der Waals surface area contributed by atoms with Gasteiger partial charge in [0.05, 0.1) is 22.1 Å². The van der Waals surface area contributed by atoms with Crippen molar-refractivity contribution in [3.8, 4) is 11.4 Å². The molecular weight excluding hydrogens is 689 g/mol. The van der Waals surface area contributed by atoms with E-state index in [9.17, 15) is 0 Å². The number of aromatic nitrogens is 2. The quantitative estimate of drug-likeness (QED) is 0.171. The average molecular weight is 743 g/mol. The third-order valence-electron chi connectivity index (χ3n) is 9.86. The van der Waals surface area contributed by atoms with Crippen molar-refractivity contribution >= 4 is 43.6 Å². The van der Waals surface area contributed by atoms with Crippen LogP contribution in [0.4, 0.5) is 0 Å². The average Bonchev–Trinajstić information content (AvgIpc) is 3.79. The largest absolute Gasteiger partial charge is 0.309 e. The molecule has 2 heterocycles. The SMILES string of the molecule is CC.CCc1ccccc1.Cc1cc(-n2c3ccccc3c3ccccc32)cc(-n2c3ccccc3c3ccccc32)c1.Cc1ccccc1.Cc1ccccc1. The van der Waals surface area contributed by atoms with Crippen LogP contribution < -0.4 is 0 Å². The van der Waals surface area contributed by atoms with Gasteiger partial charge < -0.3 is 9.13 Å². The van der Waals surface area contributed by atoms with Crippen LogP contribution in [0.15, 0.2) is 206 Å². The molecule has 0 fully saturated rings. The zero-order valence-corrected chi connectivity index (χ0v) is 34.2. The van der Waals surface area contributed by atoms with Crippen LogP contribution in [0, 0.1) is 20.8 Å². The molecule has 10 aromatic rings. The Labute approximate surface area is 339 Å². The first-order valence-electron chi connectivity index (χ1n) is 20.2. The molecule has 0 spiro atoms. The Morgan fingerprint density at radius 3 is 0.860 bits per heavy atom. The van der Waals surface area contributed by atoms with Crippen LogP contribution in [0.2, 0.25) is 0 Å². The number of aryl methyl sites for hydroxylation is 4. The monoisotopic (exact) mass is 742 g/mol. The van der Waals surface area contributed by atoms with E-state index in [0.29, 0.717) is 0 Å². The molecule has 0 saturated carbocycles. The van der Waals surface area contributed by atoms with Crippen molar-refractivity contribution in [1.82, 2.24) is 9.13 Å². The molecule has 0 unspecified atom stereocenters. The lowest BCUT2D eigenvalue weighted by Crippen LogP contribution is -1.99. The van der Waals surface area contributed by atoms with Gasteiger partial charge in [0.15, 0.2) is 0 Å². The minimum Gasteiger partial charge on any atom is -0.309 e. The Kier molecular flexibility index (Phi) is 13.9. The predicted molar refractivity (Wildman–Crippen MR) is 249 cm³/mol. The van der Waals surface area contributed by atoms with Crippen LogP contribution in [-0.2, 0) is 6.42 Å². The summed E-state index contributed by atoms with van der Waals surface area (Å²) in [6.45, 7) is 12.5. The molecule has 0 atom stereocenters. The maximum atomic E-state index is 2.40. The van der Waals surface area contributed by atoms with Gasteiger partial charge in [0.25, 0.3) is 0 Å². The van der Waals surface area contributed by atoms with E-state index in [1.165, 1.54) is 77.2 Å². The standard InChI is InChI=1S/C31H22N2.C8H10.2C7H8.C2H6/c1-21-18-22(32-28-14-6-2-10-24(28)25-11-3-7-15-29(25)32)20-23(19-21)33-30-16-8-4-12-26(30)27-13-5-9-17-31(27)33;1-2-8-6-4-3-5-7-8;2*1-7-5-3-2-4-6-7;1-2/h2-20H,1H3;3-7H,2H2,1H3;2*2-6H,1H3;1-2H3. The maximum absolute atomic E-state index is 2.40. The molecule has 2 heteroatoms. The fraction of sp³-hybridized carbons (Fsp3) is 0.127. The molecule has 57 heavy (non-hydrogen) atoms. The van der Waals surface area contributed by atoms with E-state index >= 15 is 0 Å². The first-order chi connectivity index (χ1) is 28.0. The highest BCUT2D eigenvalue weighted by Gasteiger charge is 2.15. The van der Waals surface area contributed by atoms with E-state index in [0.717, 1.165) is 6.42 Å². The molecular formula is C55H54N2. The van der Waals surface area contributed by atoms with Crippen molar-refractivity contribution in [2.24, 2.45) is 0 Å². The van der Waals surface area contributed by atoms with E-state index in [4.69, 9.17) is 0 Å². The van der Waals surface area contributed by atoms with Crippen LogP contribution in [0.5, 0.6) is 0 Å². The Morgan fingerprint density at radius 1 is 0.316 bits per heavy atom. The molecule has 0 bridgehead atoms. The highest BCUT2D eigenvalue weighted by molar-refractivity contribution is 6.10. The van der Waals surface area contributed by atoms with Crippen LogP contribution in [0.25, 0.3) is 55.0 Å². The van der Waals surface area contributed by atoms with Crippen molar-refractivity contribution in [2.45, 2.75) is 48.0 Å². The summed E-state index contributed by atoms with van der Waals surface area (Å²) >= 11 is 0. The van der Waals surface area contributed by atoms with Crippen LogP contribution >= 0.6 is 0 Å². The summed E-state index contributed by atoms with van der Waals surface area (Å²) in [7, 11) is 0. The van der Waals surface area contributed by atoms with E-state index in [1.807, 2.05) is 56.3 Å². The highest BCUT2D eigenvalue weighted by atomic mass is 15.0. The molecule has 0 radical (unpaired) electrons. The van der Waals surface area contributed by atoms with Gasteiger partial charge in [-0.15, -0.1) is 0 Å². The lowest BCUT2D eigenvalue weighted by molar-refractivity contribution is 1.12. The smallest absolute Gasteiger partial charge is 0.0541 e. The molecule has 0 aliphatic heterocycles. The fourth-order valence-electron chi connectivity index (χ4n) is 7.19. The van der Waals surface area contributed by atoms with Crippen LogP contribution in [-0.4, -0.2) is 9.13 Å². The van der Waals surface area contributed by atoms with Gasteiger partial charge in [0, 0.05) is 32.9 Å². The molecule has 0 aliphatic rings. The Balaban J connectivity index is 0.000000185. The lowest BCUT2D eigenvalue weighted by atomic mass is 10.1. The molecule has 8 aromatic carbocycles. The van der Waals surface area contributed by atoms with E-state index < -0.39 is 0 Å². The second kappa shape index (κ2) is 19.8. The summed E-state index contributed by atoms with van der Waals surface area (Å²) < 4.78 is 4.80. The number of nitrogens with zero attached hydrogens (tertiary/aromatic N) is 2.